The van der Waals surface area contributed by atoms with Gasteiger partial charge in [-0.25, -0.2) is 0 Å². The van der Waals surface area contributed by atoms with Crippen LogP contribution >= 0.6 is 0 Å². The van der Waals surface area contributed by atoms with Crippen LogP contribution in [0.5, 0.6) is 0 Å². The van der Waals surface area contributed by atoms with E-state index in [0.717, 1.165) is 5.57 Å². The molecule has 0 unspecified atom stereocenters. The molecule has 2 heteroatoms. The fourth-order valence-electron chi connectivity index (χ4n) is 0. The molecule has 0 spiro atoms. The summed E-state index contributed by atoms with van der Waals surface area (Å²) >= 11 is 0. The summed E-state index contributed by atoms with van der Waals surface area (Å²) in [5, 5.41) is 0. The predicted molar refractivity (Wildman–Crippen MR) is 39.3 cm³/mol. The van der Waals surface area contributed by atoms with Gasteiger partial charge in [0.1, 0.15) is 0 Å². The molecule has 0 aliphatic carbocycles. The second-order valence-electron chi connectivity index (χ2n) is 1.05. The van der Waals surface area contributed by atoms with Crippen molar-refractivity contribution in [3.8, 4) is 0 Å². The van der Waals surface area contributed by atoms with Crippen LogP contribution in [0.3, 0.4) is 0 Å². The van der Waals surface area contributed by atoms with Crippen molar-refractivity contribution < 1.29 is 0 Å². The van der Waals surface area contributed by atoms with E-state index in [1.807, 2.05) is 6.92 Å². The Balaban J connectivity index is -0.0000000800. The number of rotatable bonds is 1. The van der Waals surface area contributed by atoms with Gasteiger partial charge < -0.3 is 0 Å². The van der Waals surface area contributed by atoms with Crippen LogP contribution in [0.1, 0.15) is 6.92 Å². The zero-order valence-electron chi connectivity index (χ0n) is 3.49. The molecule has 0 N–H and O–H groups in total. The van der Waals surface area contributed by atoms with Crippen molar-refractivity contribution in [1.82, 2.24) is 0 Å². The van der Waals surface area contributed by atoms with Gasteiger partial charge in [0.15, 0.2) is 0 Å². The van der Waals surface area contributed by atoms with Gasteiger partial charge in [-0.05, 0) is 6.92 Å². The standard InChI is InChI=1S/C5H8.2Li.2H/c1-4-5(2)3;;;;/h4H,1-2H2,3H3;;;;. The molecule has 7 heavy (non-hydrogen) atoms. The summed E-state index contributed by atoms with van der Waals surface area (Å²) in [5.74, 6) is 0. The first-order valence-corrected chi connectivity index (χ1v) is 1.55. The molecule has 0 aromatic carbocycles. The van der Waals surface area contributed by atoms with Gasteiger partial charge >= 0.3 is 37.7 Å². The summed E-state index contributed by atoms with van der Waals surface area (Å²) in [6, 6.07) is 0. The van der Waals surface area contributed by atoms with Gasteiger partial charge in [-0.1, -0.05) is 24.8 Å². The first-order valence-electron chi connectivity index (χ1n) is 1.55. The van der Waals surface area contributed by atoms with Gasteiger partial charge in [-0.15, -0.1) is 0 Å². The van der Waals surface area contributed by atoms with E-state index in [2.05, 4.69) is 13.2 Å². The Morgan fingerprint density at radius 3 is 1.57 bits per heavy atom. The third-order valence-electron chi connectivity index (χ3n) is 0.348. The van der Waals surface area contributed by atoms with Crippen LogP contribution in [0.2, 0.25) is 0 Å². The Labute approximate surface area is 69.4 Å². The van der Waals surface area contributed by atoms with Crippen molar-refractivity contribution in [2.24, 2.45) is 0 Å². The molecule has 0 nitrogen and oxygen atoms in total. The molecular weight excluding hydrogens is 73.9 g/mol. The van der Waals surface area contributed by atoms with Crippen molar-refractivity contribution in [3.05, 3.63) is 24.8 Å². The van der Waals surface area contributed by atoms with Gasteiger partial charge in [-0.3, -0.25) is 0 Å². The predicted octanol–water partition coefficient (Wildman–Crippen LogP) is 0.451. The van der Waals surface area contributed by atoms with Crippen LogP contribution in [0, 0.1) is 0 Å². The van der Waals surface area contributed by atoms with E-state index in [4.69, 9.17) is 0 Å². The Bertz CT molecular complexity index is 57.1. The molecule has 0 atom stereocenters. The van der Waals surface area contributed by atoms with Gasteiger partial charge in [-0.2, -0.15) is 0 Å². The van der Waals surface area contributed by atoms with Gasteiger partial charge in [0.25, 0.3) is 0 Å². The topological polar surface area (TPSA) is 0 Å². The Morgan fingerprint density at radius 1 is 1.43 bits per heavy atom. The van der Waals surface area contributed by atoms with E-state index >= 15 is 0 Å². The fourth-order valence-corrected chi connectivity index (χ4v) is 0. The molecule has 0 aromatic rings. The maximum absolute atomic E-state index is 3.56. The molecule has 0 aliphatic rings. The minimum absolute atomic E-state index is 0. The molecule has 0 aromatic heterocycles. The molecular formula is C5H10Li2. The molecule has 0 saturated heterocycles. The van der Waals surface area contributed by atoms with Crippen molar-refractivity contribution >= 4 is 37.7 Å². The van der Waals surface area contributed by atoms with Crippen LogP contribution in [0.25, 0.3) is 0 Å². The third kappa shape index (κ3) is 20.4. The zero-order valence-corrected chi connectivity index (χ0v) is 3.49. The summed E-state index contributed by atoms with van der Waals surface area (Å²) in [6.45, 7) is 8.93. The summed E-state index contributed by atoms with van der Waals surface area (Å²) in [5.41, 5.74) is 1.02. The van der Waals surface area contributed by atoms with E-state index in [0.29, 0.717) is 0 Å². The first-order chi connectivity index (χ1) is 2.27. The number of hydrogen-bond donors (Lipinski definition) is 0. The van der Waals surface area contributed by atoms with Crippen LogP contribution < -0.4 is 0 Å². The van der Waals surface area contributed by atoms with Crippen molar-refractivity contribution in [2.75, 3.05) is 0 Å². The summed E-state index contributed by atoms with van der Waals surface area (Å²) in [4.78, 5) is 0. The summed E-state index contributed by atoms with van der Waals surface area (Å²) in [7, 11) is 0. The average Bonchev–Trinajstić information content (AvgIpc) is 1.38. The molecule has 0 aliphatic heterocycles. The van der Waals surface area contributed by atoms with E-state index in [1.165, 1.54) is 0 Å². The molecule has 0 rings (SSSR count). The van der Waals surface area contributed by atoms with Crippen LogP contribution in [0.4, 0.5) is 0 Å². The molecule has 0 heterocycles. The quantitative estimate of drug-likeness (QED) is 0.319. The van der Waals surface area contributed by atoms with Crippen LogP contribution in [0.15, 0.2) is 24.8 Å². The second-order valence-corrected chi connectivity index (χ2v) is 1.05. The maximum atomic E-state index is 3.56. The van der Waals surface area contributed by atoms with E-state index < -0.39 is 0 Å². The Morgan fingerprint density at radius 2 is 1.57 bits per heavy atom. The Hall–Kier alpha value is 0.675. The second kappa shape index (κ2) is 9.84. The Kier molecular flexibility index (Phi) is 22.0. The minimum atomic E-state index is 0. The SMILES string of the molecule is C=CC(=C)C.[LiH].[LiH]. The first kappa shape index (κ1) is 15.6. The molecule has 0 saturated carbocycles. The van der Waals surface area contributed by atoms with E-state index in [1.54, 1.807) is 6.08 Å². The third-order valence-corrected chi connectivity index (χ3v) is 0.348. The van der Waals surface area contributed by atoms with Gasteiger partial charge in [0, 0.05) is 0 Å². The van der Waals surface area contributed by atoms with Gasteiger partial charge in [0.05, 0.1) is 0 Å². The number of hydrogen-bond acceptors (Lipinski definition) is 0. The summed E-state index contributed by atoms with van der Waals surface area (Å²) < 4.78 is 0. The molecule has 32 valence electrons. The molecule has 0 fully saturated rings. The van der Waals surface area contributed by atoms with Crippen LogP contribution in [-0.2, 0) is 0 Å². The summed E-state index contributed by atoms with van der Waals surface area (Å²) in [6.07, 6.45) is 1.72. The monoisotopic (exact) mass is 84.1 g/mol. The number of allylic oxidation sites excluding steroid dienone is 2. The van der Waals surface area contributed by atoms with Crippen molar-refractivity contribution in [2.45, 2.75) is 6.92 Å². The van der Waals surface area contributed by atoms with E-state index in [-0.39, 0.29) is 37.7 Å². The van der Waals surface area contributed by atoms with Crippen LogP contribution in [-0.4, -0.2) is 37.7 Å². The fraction of sp³-hybridized carbons (Fsp3) is 0.200. The molecule has 0 bridgehead atoms. The molecule has 0 radical (unpaired) electrons. The van der Waals surface area contributed by atoms with Crippen molar-refractivity contribution in [3.63, 3.8) is 0 Å². The van der Waals surface area contributed by atoms with Gasteiger partial charge in [0.2, 0.25) is 0 Å². The molecule has 0 amide bonds. The van der Waals surface area contributed by atoms with Crippen molar-refractivity contribution in [1.29, 1.82) is 0 Å². The normalized spacial score (nSPS) is 4.71. The average molecular weight is 84.0 g/mol. The van der Waals surface area contributed by atoms with E-state index in [9.17, 15) is 0 Å². The zero-order chi connectivity index (χ0) is 4.28.